The molecule has 0 aromatic heterocycles. The van der Waals surface area contributed by atoms with Crippen molar-refractivity contribution in [2.75, 3.05) is 0 Å². The molecule has 1 saturated carbocycles. The second-order valence-electron chi connectivity index (χ2n) is 2.29. The standard InChI is InChI=1S/C5H7F3S/c6-5(7,8)3-1-2-4(3)9/h3-4,9H,1-2H2/t3?,4-/m0/s1. The summed E-state index contributed by atoms with van der Waals surface area (Å²) in [5.41, 5.74) is 0. The first kappa shape index (κ1) is 7.25. The summed E-state index contributed by atoms with van der Waals surface area (Å²) in [6.07, 6.45) is -3.14. The van der Waals surface area contributed by atoms with Gasteiger partial charge in [0.1, 0.15) is 0 Å². The van der Waals surface area contributed by atoms with E-state index in [1.807, 2.05) is 0 Å². The van der Waals surface area contributed by atoms with Gasteiger partial charge in [-0.1, -0.05) is 0 Å². The third-order valence-electron chi connectivity index (χ3n) is 1.66. The number of alkyl halides is 3. The molecule has 9 heavy (non-hydrogen) atoms. The Morgan fingerprint density at radius 1 is 1.22 bits per heavy atom. The lowest BCUT2D eigenvalue weighted by Crippen LogP contribution is -2.38. The van der Waals surface area contributed by atoms with E-state index in [9.17, 15) is 13.2 Å². The molecule has 54 valence electrons. The van der Waals surface area contributed by atoms with E-state index in [-0.39, 0.29) is 6.42 Å². The van der Waals surface area contributed by atoms with E-state index in [0.29, 0.717) is 6.42 Å². The molecule has 0 aromatic carbocycles. The zero-order chi connectivity index (χ0) is 7.07. The third-order valence-corrected chi connectivity index (χ3v) is 2.28. The molecule has 4 heteroatoms. The summed E-state index contributed by atoms with van der Waals surface area (Å²) in [5, 5.41) is -0.440. The number of hydrogen-bond acceptors (Lipinski definition) is 1. The van der Waals surface area contributed by atoms with Gasteiger partial charge in [0.25, 0.3) is 0 Å². The fraction of sp³-hybridized carbons (Fsp3) is 1.00. The second-order valence-corrected chi connectivity index (χ2v) is 2.96. The zero-order valence-electron chi connectivity index (χ0n) is 4.65. The fourth-order valence-corrected chi connectivity index (χ4v) is 1.33. The highest BCUT2D eigenvalue weighted by atomic mass is 32.1. The minimum Gasteiger partial charge on any atom is -0.175 e. The van der Waals surface area contributed by atoms with E-state index in [2.05, 4.69) is 12.6 Å². The molecule has 1 aliphatic carbocycles. The van der Waals surface area contributed by atoms with Gasteiger partial charge in [0.2, 0.25) is 0 Å². The first-order valence-corrected chi connectivity index (χ1v) is 3.28. The third kappa shape index (κ3) is 1.34. The van der Waals surface area contributed by atoms with Crippen molar-refractivity contribution in [2.24, 2.45) is 5.92 Å². The van der Waals surface area contributed by atoms with Gasteiger partial charge >= 0.3 is 6.18 Å². The van der Waals surface area contributed by atoms with Gasteiger partial charge in [-0.05, 0) is 12.8 Å². The van der Waals surface area contributed by atoms with Gasteiger partial charge in [-0.25, -0.2) is 0 Å². The Bertz CT molecular complexity index is 109. The van der Waals surface area contributed by atoms with Crippen molar-refractivity contribution in [1.29, 1.82) is 0 Å². The number of thiol groups is 1. The monoisotopic (exact) mass is 156 g/mol. The number of halogens is 3. The second kappa shape index (κ2) is 2.08. The Morgan fingerprint density at radius 3 is 1.78 bits per heavy atom. The predicted octanol–water partition coefficient (Wildman–Crippen LogP) is 2.26. The Hall–Kier alpha value is 0.140. The van der Waals surface area contributed by atoms with Gasteiger partial charge < -0.3 is 0 Å². The van der Waals surface area contributed by atoms with E-state index in [4.69, 9.17) is 0 Å². The molecule has 1 aliphatic rings. The van der Waals surface area contributed by atoms with Crippen LogP contribution in [0.1, 0.15) is 12.8 Å². The molecule has 1 rings (SSSR count). The average Bonchev–Trinajstić information content (AvgIpc) is 1.57. The van der Waals surface area contributed by atoms with Gasteiger partial charge in [0, 0.05) is 5.25 Å². The molecule has 0 aromatic rings. The molecule has 0 saturated heterocycles. The predicted molar refractivity (Wildman–Crippen MR) is 31.6 cm³/mol. The van der Waals surface area contributed by atoms with Crippen LogP contribution in [0, 0.1) is 5.92 Å². The fourth-order valence-electron chi connectivity index (χ4n) is 0.864. The van der Waals surface area contributed by atoms with Gasteiger partial charge in [0.05, 0.1) is 5.92 Å². The Morgan fingerprint density at radius 2 is 1.78 bits per heavy atom. The van der Waals surface area contributed by atoms with Gasteiger partial charge in [-0.3, -0.25) is 0 Å². The van der Waals surface area contributed by atoms with E-state index < -0.39 is 17.3 Å². The highest BCUT2D eigenvalue weighted by Crippen LogP contribution is 2.43. The van der Waals surface area contributed by atoms with Crippen molar-refractivity contribution in [2.45, 2.75) is 24.3 Å². The quantitative estimate of drug-likeness (QED) is 0.511. The Balaban J connectivity index is 2.44. The van der Waals surface area contributed by atoms with E-state index >= 15 is 0 Å². The normalized spacial score (nSPS) is 36.0. The molecule has 2 atom stereocenters. The molecule has 0 nitrogen and oxygen atoms in total. The minimum atomic E-state index is -4.01. The van der Waals surface area contributed by atoms with E-state index in [1.54, 1.807) is 0 Å². The van der Waals surface area contributed by atoms with Crippen LogP contribution >= 0.6 is 12.6 Å². The van der Waals surface area contributed by atoms with Gasteiger partial charge in [0.15, 0.2) is 0 Å². The van der Waals surface area contributed by atoms with E-state index in [1.165, 1.54) is 0 Å². The van der Waals surface area contributed by atoms with Crippen LogP contribution in [0.2, 0.25) is 0 Å². The molecule has 0 spiro atoms. The van der Waals surface area contributed by atoms with Crippen molar-refractivity contribution >= 4 is 12.6 Å². The summed E-state index contributed by atoms with van der Waals surface area (Å²) < 4.78 is 35.1. The molecular weight excluding hydrogens is 149 g/mol. The van der Waals surface area contributed by atoms with Crippen LogP contribution in [-0.4, -0.2) is 11.4 Å². The van der Waals surface area contributed by atoms with Gasteiger partial charge in [-0.2, -0.15) is 25.8 Å². The molecule has 0 amide bonds. The molecule has 1 fully saturated rings. The van der Waals surface area contributed by atoms with Crippen LogP contribution in [0.3, 0.4) is 0 Å². The average molecular weight is 156 g/mol. The van der Waals surface area contributed by atoms with Crippen molar-refractivity contribution < 1.29 is 13.2 Å². The topological polar surface area (TPSA) is 0 Å². The number of hydrogen-bond donors (Lipinski definition) is 1. The lowest BCUT2D eigenvalue weighted by atomic mass is 9.84. The van der Waals surface area contributed by atoms with Crippen molar-refractivity contribution in [1.82, 2.24) is 0 Å². The number of rotatable bonds is 0. The van der Waals surface area contributed by atoms with Crippen LogP contribution in [0.15, 0.2) is 0 Å². The molecule has 0 heterocycles. The Kier molecular flexibility index (Phi) is 1.67. The molecule has 0 bridgehead atoms. The van der Waals surface area contributed by atoms with Crippen LogP contribution in [0.4, 0.5) is 13.2 Å². The lowest BCUT2D eigenvalue weighted by molar-refractivity contribution is -0.190. The summed E-state index contributed by atoms with van der Waals surface area (Å²) >= 11 is 3.75. The molecule has 1 unspecified atom stereocenters. The van der Waals surface area contributed by atoms with Crippen molar-refractivity contribution in [3.05, 3.63) is 0 Å². The van der Waals surface area contributed by atoms with E-state index in [0.717, 1.165) is 0 Å². The first-order valence-electron chi connectivity index (χ1n) is 2.76. The van der Waals surface area contributed by atoms with Crippen LogP contribution in [0.25, 0.3) is 0 Å². The Labute approximate surface area is 56.8 Å². The smallest absolute Gasteiger partial charge is 0.175 e. The summed E-state index contributed by atoms with van der Waals surface area (Å²) in [6, 6.07) is 0. The highest BCUT2D eigenvalue weighted by Gasteiger charge is 2.48. The van der Waals surface area contributed by atoms with Crippen LogP contribution < -0.4 is 0 Å². The van der Waals surface area contributed by atoms with Crippen molar-refractivity contribution in [3.8, 4) is 0 Å². The lowest BCUT2D eigenvalue weighted by Gasteiger charge is -2.34. The SMILES string of the molecule is FC(F)(F)C1CC[C@@H]1S. The summed E-state index contributed by atoms with van der Waals surface area (Å²) in [6.45, 7) is 0. The first-order chi connectivity index (χ1) is 4.02. The minimum absolute atomic E-state index is 0.262. The van der Waals surface area contributed by atoms with Crippen LogP contribution in [0.5, 0.6) is 0 Å². The highest BCUT2D eigenvalue weighted by molar-refractivity contribution is 7.81. The van der Waals surface area contributed by atoms with Crippen molar-refractivity contribution in [3.63, 3.8) is 0 Å². The molecule has 0 radical (unpaired) electrons. The maximum Gasteiger partial charge on any atom is 0.392 e. The maximum atomic E-state index is 11.7. The van der Waals surface area contributed by atoms with Crippen LogP contribution in [-0.2, 0) is 0 Å². The molecule has 0 aliphatic heterocycles. The molecule has 0 N–H and O–H groups in total. The summed E-state index contributed by atoms with van der Waals surface area (Å²) in [4.78, 5) is 0. The molecular formula is C5H7F3S. The summed E-state index contributed by atoms with van der Waals surface area (Å²) in [5.74, 6) is -1.14. The van der Waals surface area contributed by atoms with Gasteiger partial charge in [-0.15, -0.1) is 0 Å². The largest absolute Gasteiger partial charge is 0.392 e. The maximum absolute atomic E-state index is 11.7. The zero-order valence-corrected chi connectivity index (χ0v) is 5.54. The summed E-state index contributed by atoms with van der Waals surface area (Å²) in [7, 11) is 0.